The summed E-state index contributed by atoms with van der Waals surface area (Å²) >= 11 is 1.70. The molecule has 1 aromatic heterocycles. The molecule has 0 aliphatic rings. The van der Waals surface area contributed by atoms with Crippen molar-refractivity contribution < 1.29 is 17.9 Å². The van der Waals surface area contributed by atoms with Crippen LogP contribution in [0.25, 0.3) is 0 Å². The van der Waals surface area contributed by atoms with E-state index in [9.17, 15) is 13.2 Å². The van der Waals surface area contributed by atoms with Gasteiger partial charge >= 0.3 is 6.36 Å². The molecule has 2 N–H and O–H groups in total. The van der Waals surface area contributed by atoms with Crippen LogP contribution in [0, 0.1) is 13.8 Å². The summed E-state index contributed by atoms with van der Waals surface area (Å²) in [7, 11) is 1.69. The Morgan fingerprint density at radius 2 is 1.71 bits per heavy atom. The third kappa shape index (κ3) is 8.63. The van der Waals surface area contributed by atoms with E-state index in [2.05, 4.69) is 32.3 Å². The molecule has 28 heavy (non-hydrogen) atoms. The number of aromatic nitrogens is 1. The largest absolute Gasteiger partial charge is 0.573 e. The molecule has 0 aliphatic carbocycles. The minimum absolute atomic E-state index is 0. The second-order valence-electron chi connectivity index (χ2n) is 5.87. The number of benzene rings is 1. The van der Waals surface area contributed by atoms with E-state index in [0.29, 0.717) is 18.9 Å². The van der Waals surface area contributed by atoms with Crippen molar-refractivity contribution >= 4 is 41.3 Å². The minimum Gasteiger partial charge on any atom is -0.406 e. The van der Waals surface area contributed by atoms with Crippen LogP contribution in [-0.4, -0.2) is 37.4 Å². The van der Waals surface area contributed by atoms with Crippen molar-refractivity contribution in [3.63, 3.8) is 0 Å². The fourth-order valence-corrected chi connectivity index (χ4v) is 3.27. The Morgan fingerprint density at radius 1 is 1.11 bits per heavy atom. The molecule has 0 fully saturated rings. The van der Waals surface area contributed by atoms with Gasteiger partial charge in [-0.2, -0.15) is 0 Å². The van der Waals surface area contributed by atoms with E-state index in [4.69, 9.17) is 0 Å². The molecule has 0 aliphatic heterocycles. The van der Waals surface area contributed by atoms with E-state index >= 15 is 0 Å². The van der Waals surface area contributed by atoms with Crippen LogP contribution in [0.3, 0.4) is 0 Å². The van der Waals surface area contributed by atoms with Gasteiger partial charge in [0.15, 0.2) is 5.96 Å². The number of nitrogens with zero attached hydrogens (tertiary/aromatic N) is 2. The Labute approximate surface area is 183 Å². The zero-order chi connectivity index (χ0) is 19.9. The molecule has 0 spiro atoms. The summed E-state index contributed by atoms with van der Waals surface area (Å²) in [6.45, 7) is 5.39. The van der Waals surface area contributed by atoms with Crippen LogP contribution in [0.5, 0.6) is 5.75 Å². The quantitative estimate of drug-likeness (QED) is 0.321. The van der Waals surface area contributed by atoms with E-state index in [1.807, 2.05) is 6.92 Å². The van der Waals surface area contributed by atoms with Crippen LogP contribution in [0.15, 0.2) is 29.3 Å². The summed E-state index contributed by atoms with van der Waals surface area (Å²) in [5.41, 5.74) is 1.98. The normalized spacial score (nSPS) is 11.7. The van der Waals surface area contributed by atoms with Gasteiger partial charge in [0, 0.05) is 31.4 Å². The van der Waals surface area contributed by atoms with Gasteiger partial charge in [0.25, 0.3) is 0 Å². The average molecular weight is 528 g/mol. The molecule has 1 heterocycles. The zero-order valence-electron chi connectivity index (χ0n) is 15.9. The molecular formula is C18H24F3IN4OS. The van der Waals surface area contributed by atoms with Crippen molar-refractivity contribution in [2.24, 2.45) is 4.99 Å². The van der Waals surface area contributed by atoms with Gasteiger partial charge in [-0.05, 0) is 38.0 Å². The third-order valence-corrected chi connectivity index (χ3v) is 4.92. The number of aliphatic imine (C=N–C) groups is 1. The zero-order valence-corrected chi connectivity index (χ0v) is 19.0. The van der Waals surface area contributed by atoms with Gasteiger partial charge in [-0.1, -0.05) is 12.1 Å². The van der Waals surface area contributed by atoms with Gasteiger partial charge in [-0.15, -0.1) is 48.5 Å². The van der Waals surface area contributed by atoms with E-state index in [1.54, 1.807) is 30.5 Å². The standard InChI is InChI=1S/C18H23F3N4OS.HI/c1-12-13(2)27-16(25-12)9-11-24-17(22-3)23-10-8-14-4-6-15(7-5-14)26-18(19,20)21;/h4-7H,8-11H2,1-3H3,(H2,22,23,24);1H. The SMILES string of the molecule is CN=C(NCCc1ccc(OC(F)(F)F)cc1)NCCc1nc(C)c(C)s1.I. The molecule has 2 aromatic rings. The highest BCUT2D eigenvalue weighted by Gasteiger charge is 2.30. The molecule has 156 valence electrons. The molecule has 0 bridgehead atoms. The molecule has 0 amide bonds. The van der Waals surface area contributed by atoms with Crippen LogP contribution in [0.1, 0.15) is 21.1 Å². The van der Waals surface area contributed by atoms with Crippen molar-refractivity contribution in [1.82, 2.24) is 15.6 Å². The Bertz CT molecular complexity index is 744. The summed E-state index contributed by atoms with van der Waals surface area (Å²) in [6.07, 6.45) is -3.20. The van der Waals surface area contributed by atoms with Gasteiger partial charge in [0.1, 0.15) is 5.75 Å². The molecule has 0 radical (unpaired) electrons. The molecule has 10 heteroatoms. The van der Waals surface area contributed by atoms with Crippen LogP contribution in [0.2, 0.25) is 0 Å². The van der Waals surface area contributed by atoms with Gasteiger partial charge in [0.2, 0.25) is 0 Å². The number of nitrogens with one attached hydrogen (secondary N) is 2. The molecule has 0 saturated heterocycles. The molecule has 5 nitrogen and oxygen atoms in total. The first-order chi connectivity index (χ1) is 12.8. The number of ether oxygens (including phenoxy) is 1. The molecule has 0 saturated carbocycles. The predicted molar refractivity (Wildman–Crippen MR) is 117 cm³/mol. The number of hydrogen-bond acceptors (Lipinski definition) is 4. The van der Waals surface area contributed by atoms with Crippen LogP contribution >= 0.6 is 35.3 Å². The lowest BCUT2D eigenvalue weighted by Crippen LogP contribution is -2.39. The molecular weight excluding hydrogens is 504 g/mol. The number of alkyl halides is 3. The lowest BCUT2D eigenvalue weighted by atomic mass is 10.1. The first-order valence-corrected chi connectivity index (χ1v) is 9.30. The molecule has 0 unspecified atom stereocenters. The number of halogens is 4. The first kappa shape index (κ1) is 24.5. The summed E-state index contributed by atoms with van der Waals surface area (Å²) in [5.74, 6) is 0.460. The van der Waals surface area contributed by atoms with Crippen LogP contribution < -0.4 is 15.4 Å². The van der Waals surface area contributed by atoms with Gasteiger partial charge < -0.3 is 15.4 Å². The number of guanidine groups is 1. The summed E-state index contributed by atoms with van der Waals surface area (Å²) in [6, 6.07) is 5.86. The maximum atomic E-state index is 12.1. The lowest BCUT2D eigenvalue weighted by Gasteiger charge is -2.12. The fourth-order valence-electron chi connectivity index (χ4n) is 2.34. The van der Waals surface area contributed by atoms with Crippen molar-refractivity contribution in [2.45, 2.75) is 33.1 Å². The Balaban J connectivity index is 0.00000392. The fraction of sp³-hybridized carbons (Fsp3) is 0.444. The monoisotopic (exact) mass is 528 g/mol. The third-order valence-electron chi connectivity index (χ3n) is 3.79. The van der Waals surface area contributed by atoms with Gasteiger partial charge in [-0.3, -0.25) is 4.99 Å². The molecule has 2 rings (SSSR count). The maximum absolute atomic E-state index is 12.1. The van der Waals surface area contributed by atoms with Gasteiger partial charge in [-0.25, -0.2) is 4.98 Å². The number of hydrogen-bond donors (Lipinski definition) is 2. The topological polar surface area (TPSA) is 58.5 Å². The maximum Gasteiger partial charge on any atom is 0.573 e. The Morgan fingerprint density at radius 3 is 2.21 bits per heavy atom. The van der Waals surface area contributed by atoms with E-state index in [-0.39, 0.29) is 29.7 Å². The van der Waals surface area contributed by atoms with E-state index in [0.717, 1.165) is 29.2 Å². The number of thiazole rings is 1. The predicted octanol–water partition coefficient (Wildman–Crippen LogP) is 4.23. The van der Waals surface area contributed by atoms with Crippen molar-refractivity contribution in [1.29, 1.82) is 0 Å². The van der Waals surface area contributed by atoms with E-state index < -0.39 is 6.36 Å². The highest BCUT2D eigenvalue weighted by Crippen LogP contribution is 2.22. The summed E-state index contributed by atoms with van der Waals surface area (Å²) in [5, 5.41) is 7.50. The Kier molecular flexibility index (Phi) is 10.0. The minimum atomic E-state index is -4.67. The van der Waals surface area contributed by atoms with Crippen molar-refractivity contribution in [3.05, 3.63) is 45.4 Å². The number of aryl methyl sites for hydroxylation is 2. The highest BCUT2D eigenvalue weighted by atomic mass is 127. The second kappa shape index (κ2) is 11.4. The van der Waals surface area contributed by atoms with Gasteiger partial charge in [0.05, 0.1) is 10.7 Å². The highest BCUT2D eigenvalue weighted by molar-refractivity contribution is 14.0. The van der Waals surface area contributed by atoms with E-state index in [1.165, 1.54) is 17.0 Å². The number of rotatable bonds is 7. The first-order valence-electron chi connectivity index (χ1n) is 8.49. The summed E-state index contributed by atoms with van der Waals surface area (Å²) < 4.78 is 40.3. The Hall–Kier alpha value is -1.56. The average Bonchev–Trinajstić information content (AvgIpc) is 2.91. The van der Waals surface area contributed by atoms with Crippen LogP contribution in [0.4, 0.5) is 13.2 Å². The lowest BCUT2D eigenvalue weighted by molar-refractivity contribution is -0.274. The summed E-state index contributed by atoms with van der Waals surface area (Å²) in [4.78, 5) is 9.90. The smallest absolute Gasteiger partial charge is 0.406 e. The molecule has 1 aromatic carbocycles. The molecule has 0 atom stereocenters. The van der Waals surface area contributed by atoms with Crippen molar-refractivity contribution in [2.75, 3.05) is 20.1 Å². The van der Waals surface area contributed by atoms with Crippen molar-refractivity contribution in [3.8, 4) is 5.75 Å². The second-order valence-corrected chi connectivity index (χ2v) is 7.15. The van der Waals surface area contributed by atoms with Crippen LogP contribution in [-0.2, 0) is 12.8 Å².